The van der Waals surface area contributed by atoms with Crippen molar-refractivity contribution < 1.29 is 0 Å². The molecular formula is C10H16BrNS2. The molecule has 0 saturated heterocycles. The molecule has 0 aromatic carbocycles. The Morgan fingerprint density at radius 2 is 2.36 bits per heavy atom. The molecule has 0 fully saturated rings. The SMILES string of the molecule is CSCC(C)NCc1cc(Br)c(C)s1. The molecule has 14 heavy (non-hydrogen) atoms. The average molecular weight is 294 g/mol. The quantitative estimate of drug-likeness (QED) is 0.889. The first-order valence-corrected chi connectivity index (χ1v) is 7.61. The van der Waals surface area contributed by atoms with Gasteiger partial charge in [-0.1, -0.05) is 0 Å². The van der Waals surface area contributed by atoms with Crippen molar-refractivity contribution in [3.8, 4) is 0 Å². The van der Waals surface area contributed by atoms with Gasteiger partial charge in [-0.25, -0.2) is 0 Å². The topological polar surface area (TPSA) is 12.0 Å². The Morgan fingerprint density at radius 3 is 2.86 bits per heavy atom. The van der Waals surface area contributed by atoms with Crippen molar-refractivity contribution in [3.63, 3.8) is 0 Å². The smallest absolute Gasteiger partial charge is 0.0314 e. The van der Waals surface area contributed by atoms with E-state index < -0.39 is 0 Å². The van der Waals surface area contributed by atoms with Gasteiger partial charge in [0.15, 0.2) is 0 Å². The van der Waals surface area contributed by atoms with Crippen LogP contribution in [0.4, 0.5) is 0 Å². The van der Waals surface area contributed by atoms with Gasteiger partial charge in [0, 0.05) is 32.6 Å². The zero-order valence-corrected chi connectivity index (χ0v) is 12.0. The standard InChI is InChI=1S/C10H16BrNS2/c1-7(6-13-3)12-5-9-4-10(11)8(2)14-9/h4,7,12H,5-6H2,1-3H3. The summed E-state index contributed by atoms with van der Waals surface area (Å²) >= 11 is 7.28. The van der Waals surface area contributed by atoms with E-state index in [1.165, 1.54) is 20.0 Å². The molecule has 1 nitrogen and oxygen atoms in total. The molecule has 1 heterocycles. The maximum absolute atomic E-state index is 3.53. The van der Waals surface area contributed by atoms with E-state index in [0.717, 1.165) is 6.54 Å². The fourth-order valence-corrected chi connectivity index (χ4v) is 3.36. The maximum atomic E-state index is 3.53. The molecule has 0 aliphatic heterocycles. The highest BCUT2D eigenvalue weighted by molar-refractivity contribution is 9.10. The monoisotopic (exact) mass is 293 g/mol. The normalized spacial score (nSPS) is 13.1. The van der Waals surface area contributed by atoms with Gasteiger partial charge in [-0.05, 0) is 42.1 Å². The first-order chi connectivity index (χ1) is 6.63. The lowest BCUT2D eigenvalue weighted by atomic mass is 10.3. The third-order valence-corrected chi connectivity index (χ3v) is 4.92. The molecule has 0 aliphatic rings. The van der Waals surface area contributed by atoms with E-state index in [-0.39, 0.29) is 0 Å². The first-order valence-electron chi connectivity index (χ1n) is 4.60. The van der Waals surface area contributed by atoms with E-state index in [2.05, 4.69) is 47.4 Å². The van der Waals surface area contributed by atoms with Crippen LogP contribution < -0.4 is 5.32 Å². The molecule has 0 spiro atoms. The molecule has 1 aromatic heterocycles. The van der Waals surface area contributed by atoms with Crippen LogP contribution in [0.3, 0.4) is 0 Å². The Hall–Kier alpha value is 0.490. The van der Waals surface area contributed by atoms with Crippen molar-refractivity contribution in [1.82, 2.24) is 5.32 Å². The summed E-state index contributed by atoms with van der Waals surface area (Å²) in [4.78, 5) is 2.77. The summed E-state index contributed by atoms with van der Waals surface area (Å²) in [5.41, 5.74) is 0. The van der Waals surface area contributed by atoms with Gasteiger partial charge in [0.2, 0.25) is 0 Å². The molecule has 4 heteroatoms. The van der Waals surface area contributed by atoms with Crippen LogP contribution in [-0.2, 0) is 6.54 Å². The van der Waals surface area contributed by atoms with Gasteiger partial charge < -0.3 is 5.32 Å². The van der Waals surface area contributed by atoms with E-state index in [1.54, 1.807) is 0 Å². The molecule has 1 rings (SSSR count). The van der Waals surface area contributed by atoms with Crippen molar-refractivity contribution in [2.75, 3.05) is 12.0 Å². The number of aryl methyl sites for hydroxylation is 1. The maximum Gasteiger partial charge on any atom is 0.0314 e. The van der Waals surface area contributed by atoms with E-state index in [1.807, 2.05) is 23.1 Å². The molecule has 1 N–H and O–H groups in total. The van der Waals surface area contributed by atoms with Gasteiger partial charge in [0.25, 0.3) is 0 Å². The van der Waals surface area contributed by atoms with Crippen LogP contribution in [0.1, 0.15) is 16.7 Å². The van der Waals surface area contributed by atoms with Gasteiger partial charge in [0.05, 0.1) is 0 Å². The Kier molecular flexibility index (Phi) is 5.52. The van der Waals surface area contributed by atoms with Gasteiger partial charge in [-0.3, -0.25) is 0 Å². The number of rotatable bonds is 5. The van der Waals surface area contributed by atoms with Gasteiger partial charge >= 0.3 is 0 Å². The Labute approximate surface area is 103 Å². The number of thiophene rings is 1. The molecule has 1 unspecified atom stereocenters. The van der Waals surface area contributed by atoms with E-state index in [4.69, 9.17) is 0 Å². The third-order valence-electron chi connectivity index (χ3n) is 1.95. The van der Waals surface area contributed by atoms with Crippen molar-refractivity contribution in [1.29, 1.82) is 0 Å². The zero-order chi connectivity index (χ0) is 10.6. The van der Waals surface area contributed by atoms with Crippen molar-refractivity contribution in [2.24, 2.45) is 0 Å². The van der Waals surface area contributed by atoms with Crippen LogP contribution in [-0.4, -0.2) is 18.1 Å². The number of halogens is 1. The van der Waals surface area contributed by atoms with Gasteiger partial charge in [0.1, 0.15) is 0 Å². The molecule has 0 radical (unpaired) electrons. The van der Waals surface area contributed by atoms with Crippen LogP contribution in [0.15, 0.2) is 10.5 Å². The van der Waals surface area contributed by atoms with Crippen LogP contribution in [0.25, 0.3) is 0 Å². The minimum absolute atomic E-state index is 0.589. The van der Waals surface area contributed by atoms with Crippen LogP contribution in [0, 0.1) is 6.92 Å². The van der Waals surface area contributed by atoms with Crippen LogP contribution in [0.2, 0.25) is 0 Å². The van der Waals surface area contributed by atoms with Gasteiger partial charge in [-0.2, -0.15) is 11.8 Å². The predicted octanol–water partition coefficient (Wildman–Crippen LogP) is 3.66. The number of thioether (sulfide) groups is 1. The molecule has 1 atom stereocenters. The summed E-state index contributed by atoms with van der Waals surface area (Å²) in [7, 11) is 0. The second-order valence-electron chi connectivity index (χ2n) is 3.35. The molecule has 1 aromatic rings. The second-order valence-corrected chi connectivity index (χ2v) is 6.46. The molecular weight excluding hydrogens is 278 g/mol. The zero-order valence-electron chi connectivity index (χ0n) is 8.76. The van der Waals surface area contributed by atoms with E-state index >= 15 is 0 Å². The highest BCUT2D eigenvalue weighted by Gasteiger charge is 2.04. The molecule has 0 saturated carbocycles. The summed E-state index contributed by atoms with van der Waals surface area (Å²) in [6.07, 6.45) is 2.14. The number of hydrogen-bond acceptors (Lipinski definition) is 3. The van der Waals surface area contributed by atoms with E-state index in [9.17, 15) is 0 Å². The lowest BCUT2D eigenvalue weighted by Gasteiger charge is -2.10. The summed E-state index contributed by atoms with van der Waals surface area (Å²) < 4.78 is 1.23. The lowest BCUT2D eigenvalue weighted by Crippen LogP contribution is -2.27. The highest BCUT2D eigenvalue weighted by atomic mass is 79.9. The third kappa shape index (κ3) is 3.93. The summed E-state index contributed by atoms with van der Waals surface area (Å²) in [5, 5.41) is 3.51. The van der Waals surface area contributed by atoms with Crippen LogP contribution >= 0.6 is 39.0 Å². The fraction of sp³-hybridized carbons (Fsp3) is 0.600. The lowest BCUT2D eigenvalue weighted by molar-refractivity contribution is 0.600. The number of nitrogens with one attached hydrogen (secondary N) is 1. The predicted molar refractivity (Wildman–Crippen MR) is 71.4 cm³/mol. The summed E-state index contributed by atoms with van der Waals surface area (Å²) in [6, 6.07) is 2.80. The average Bonchev–Trinajstić information content (AvgIpc) is 2.44. The molecule has 0 aliphatic carbocycles. The van der Waals surface area contributed by atoms with E-state index in [0.29, 0.717) is 6.04 Å². The molecule has 0 bridgehead atoms. The Morgan fingerprint density at radius 1 is 1.64 bits per heavy atom. The summed E-state index contributed by atoms with van der Waals surface area (Å²) in [6.45, 7) is 5.36. The minimum atomic E-state index is 0.589. The molecule has 80 valence electrons. The Bertz CT molecular complexity index is 266. The number of hydrogen-bond donors (Lipinski definition) is 1. The van der Waals surface area contributed by atoms with Crippen molar-refractivity contribution in [3.05, 3.63) is 20.3 Å². The molecule has 0 amide bonds. The fourth-order valence-electron chi connectivity index (χ4n) is 1.19. The van der Waals surface area contributed by atoms with Crippen molar-refractivity contribution >= 4 is 39.0 Å². The second kappa shape index (κ2) is 6.16. The van der Waals surface area contributed by atoms with Crippen molar-refractivity contribution in [2.45, 2.75) is 26.4 Å². The first kappa shape index (κ1) is 12.6. The highest BCUT2D eigenvalue weighted by Crippen LogP contribution is 2.26. The largest absolute Gasteiger partial charge is 0.309 e. The Balaban J connectivity index is 2.38. The van der Waals surface area contributed by atoms with Gasteiger partial charge in [-0.15, -0.1) is 11.3 Å². The summed E-state index contributed by atoms with van der Waals surface area (Å²) in [5.74, 6) is 1.17. The minimum Gasteiger partial charge on any atom is -0.309 e. The van der Waals surface area contributed by atoms with Crippen LogP contribution in [0.5, 0.6) is 0 Å².